The number of benzene rings is 2. The van der Waals surface area contributed by atoms with Crippen LogP contribution in [0.3, 0.4) is 0 Å². The van der Waals surface area contributed by atoms with Crippen LogP contribution in [0.15, 0.2) is 59.4 Å². The third-order valence-electron chi connectivity index (χ3n) is 4.20. The lowest BCUT2D eigenvalue weighted by Crippen LogP contribution is -2.21. The van der Waals surface area contributed by atoms with Crippen LogP contribution >= 0.6 is 0 Å². The van der Waals surface area contributed by atoms with Crippen molar-refractivity contribution >= 4 is 5.95 Å². The molecule has 3 rings (SSSR count). The summed E-state index contributed by atoms with van der Waals surface area (Å²) in [6.45, 7) is 2.09. The van der Waals surface area contributed by atoms with Gasteiger partial charge in [-0.15, -0.1) is 0 Å². The van der Waals surface area contributed by atoms with Crippen LogP contribution in [0, 0.1) is 6.92 Å². The van der Waals surface area contributed by atoms with E-state index in [1.807, 2.05) is 0 Å². The molecule has 1 aromatic heterocycles. The minimum Gasteiger partial charge on any atom is -0.369 e. The molecule has 0 bridgehead atoms. The second kappa shape index (κ2) is 6.71. The second-order valence-electron chi connectivity index (χ2n) is 6.07. The first-order chi connectivity index (χ1) is 11.5. The van der Waals surface area contributed by atoms with Crippen molar-refractivity contribution in [1.82, 2.24) is 9.55 Å². The highest BCUT2D eigenvalue weighted by Gasteiger charge is 2.04. The first-order valence-corrected chi connectivity index (χ1v) is 8.01. The Bertz CT molecular complexity index is 911. The van der Waals surface area contributed by atoms with Crippen LogP contribution in [0.2, 0.25) is 0 Å². The lowest BCUT2D eigenvalue weighted by atomic mass is 10.00. The van der Waals surface area contributed by atoms with Gasteiger partial charge in [-0.1, -0.05) is 54.1 Å². The molecule has 0 radical (unpaired) electrons. The number of aryl methyl sites for hydroxylation is 3. The van der Waals surface area contributed by atoms with E-state index in [4.69, 9.17) is 5.73 Å². The van der Waals surface area contributed by atoms with Crippen LogP contribution in [0.5, 0.6) is 0 Å². The molecular weight excluding hydrogens is 298 g/mol. The van der Waals surface area contributed by atoms with Gasteiger partial charge in [-0.3, -0.25) is 9.36 Å². The van der Waals surface area contributed by atoms with Crippen LogP contribution in [-0.2, 0) is 19.9 Å². The van der Waals surface area contributed by atoms with Gasteiger partial charge >= 0.3 is 0 Å². The summed E-state index contributed by atoms with van der Waals surface area (Å²) < 4.78 is 1.35. The third-order valence-corrected chi connectivity index (χ3v) is 4.20. The van der Waals surface area contributed by atoms with Crippen molar-refractivity contribution < 1.29 is 0 Å². The summed E-state index contributed by atoms with van der Waals surface area (Å²) in [5, 5.41) is 0. The van der Waals surface area contributed by atoms with E-state index in [2.05, 4.69) is 60.4 Å². The molecule has 4 heteroatoms. The first kappa shape index (κ1) is 16.0. The molecule has 0 aliphatic rings. The van der Waals surface area contributed by atoms with Gasteiger partial charge in [0.25, 0.3) is 5.56 Å². The van der Waals surface area contributed by atoms with Crippen LogP contribution in [-0.4, -0.2) is 9.55 Å². The number of rotatable bonds is 4. The number of nitrogen functional groups attached to an aromatic ring is 1. The molecule has 0 fully saturated rings. The number of hydrogen-bond acceptors (Lipinski definition) is 3. The first-order valence-electron chi connectivity index (χ1n) is 8.01. The van der Waals surface area contributed by atoms with Gasteiger partial charge in [-0.25, -0.2) is 4.98 Å². The van der Waals surface area contributed by atoms with Gasteiger partial charge in [-0.05, 0) is 36.5 Å². The maximum atomic E-state index is 11.8. The smallest absolute Gasteiger partial charge is 0.254 e. The molecule has 1 heterocycles. The molecule has 0 aliphatic heterocycles. The predicted molar refractivity (Wildman–Crippen MR) is 97.9 cm³/mol. The summed E-state index contributed by atoms with van der Waals surface area (Å²) in [4.78, 5) is 16.1. The highest BCUT2D eigenvalue weighted by Crippen LogP contribution is 2.21. The summed E-state index contributed by atoms with van der Waals surface area (Å²) in [7, 11) is 1.62. The van der Waals surface area contributed by atoms with E-state index in [-0.39, 0.29) is 11.5 Å². The molecule has 2 N–H and O–H groups in total. The van der Waals surface area contributed by atoms with Crippen molar-refractivity contribution in [3.63, 3.8) is 0 Å². The number of anilines is 1. The number of aromatic nitrogens is 2. The quantitative estimate of drug-likeness (QED) is 0.803. The largest absolute Gasteiger partial charge is 0.369 e. The maximum absolute atomic E-state index is 11.8. The van der Waals surface area contributed by atoms with Gasteiger partial charge in [0, 0.05) is 13.1 Å². The average Bonchev–Trinajstić information content (AvgIpc) is 2.58. The van der Waals surface area contributed by atoms with Crippen molar-refractivity contribution in [3.8, 4) is 11.1 Å². The molecule has 0 saturated carbocycles. The topological polar surface area (TPSA) is 60.9 Å². The summed E-state index contributed by atoms with van der Waals surface area (Å²) in [6, 6.07) is 18.5. The second-order valence-corrected chi connectivity index (χ2v) is 6.07. The Labute approximate surface area is 141 Å². The summed E-state index contributed by atoms with van der Waals surface area (Å²) in [5.41, 5.74) is 11.2. The fraction of sp³-hybridized carbons (Fsp3) is 0.200. The molecule has 0 aliphatic carbocycles. The molecule has 4 nitrogen and oxygen atoms in total. The molecule has 122 valence electrons. The van der Waals surface area contributed by atoms with Gasteiger partial charge in [0.2, 0.25) is 5.95 Å². The zero-order valence-electron chi connectivity index (χ0n) is 14.0. The van der Waals surface area contributed by atoms with E-state index in [0.717, 1.165) is 12.1 Å². The van der Waals surface area contributed by atoms with Gasteiger partial charge < -0.3 is 5.73 Å². The highest BCUT2D eigenvalue weighted by molar-refractivity contribution is 5.64. The van der Waals surface area contributed by atoms with Crippen molar-refractivity contribution in [2.75, 3.05) is 5.73 Å². The summed E-state index contributed by atoms with van der Waals surface area (Å²) >= 11 is 0. The van der Waals surface area contributed by atoms with E-state index in [1.165, 1.54) is 26.8 Å². The standard InChI is InChI=1S/C20H21N3O/c1-14-6-9-16(10-7-14)17-5-3-4-15(12-17)8-11-18-13-19(24)23(2)20(21)22-18/h3-7,9-10,12-13H,8,11H2,1-2H3,(H2,21,22). The lowest BCUT2D eigenvalue weighted by Gasteiger charge is -2.08. The summed E-state index contributed by atoms with van der Waals surface area (Å²) in [5.74, 6) is 0.255. The molecule has 0 amide bonds. The van der Waals surface area contributed by atoms with Crippen molar-refractivity contribution in [3.05, 3.63) is 81.8 Å². The molecule has 3 aromatic rings. The molecule has 0 atom stereocenters. The predicted octanol–water partition coefficient (Wildman–Crippen LogP) is 3.12. The van der Waals surface area contributed by atoms with Crippen LogP contribution in [0.1, 0.15) is 16.8 Å². The van der Waals surface area contributed by atoms with Gasteiger partial charge in [-0.2, -0.15) is 0 Å². The van der Waals surface area contributed by atoms with Gasteiger partial charge in [0.05, 0.1) is 5.69 Å². The number of nitrogens with zero attached hydrogens (tertiary/aromatic N) is 2. The average molecular weight is 319 g/mol. The molecule has 0 spiro atoms. The number of nitrogens with two attached hydrogens (primary N) is 1. The van der Waals surface area contributed by atoms with Crippen molar-refractivity contribution in [2.24, 2.45) is 7.05 Å². The van der Waals surface area contributed by atoms with Crippen molar-refractivity contribution in [1.29, 1.82) is 0 Å². The molecule has 0 unspecified atom stereocenters. The molecular formula is C20H21N3O. The fourth-order valence-electron chi connectivity index (χ4n) is 2.66. The number of hydrogen-bond donors (Lipinski definition) is 1. The normalized spacial score (nSPS) is 10.8. The van der Waals surface area contributed by atoms with E-state index >= 15 is 0 Å². The van der Waals surface area contributed by atoms with E-state index in [0.29, 0.717) is 6.42 Å². The lowest BCUT2D eigenvalue weighted by molar-refractivity contribution is 0.806. The molecule has 0 saturated heterocycles. The third kappa shape index (κ3) is 3.54. The minimum atomic E-state index is -0.120. The zero-order chi connectivity index (χ0) is 17.1. The Hall–Kier alpha value is -2.88. The maximum Gasteiger partial charge on any atom is 0.254 e. The van der Waals surface area contributed by atoms with E-state index < -0.39 is 0 Å². The SMILES string of the molecule is Cc1ccc(-c2cccc(CCc3cc(=O)n(C)c(N)n3)c2)cc1. The summed E-state index contributed by atoms with van der Waals surface area (Å²) in [6.07, 6.45) is 1.51. The highest BCUT2D eigenvalue weighted by atomic mass is 16.1. The van der Waals surface area contributed by atoms with E-state index in [9.17, 15) is 4.79 Å². The molecule has 24 heavy (non-hydrogen) atoms. The zero-order valence-corrected chi connectivity index (χ0v) is 14.0. The Kier molecular flexibility index (Phi) is 4.47. The van der Waals surface area contributed by atoms with Crippen LogP contribution in [0.4, 0.5) is 5.95 Å². The minimum absolute atomic E-state index is 0.120. The van der Waals surface area contributed by atoms with Crippen LogP contribution < -0.4 is 11.3 Å². The van der Waals surface area contributed by atoms with Gasteiger partial charge in [0.15, 0.2) is 0 Å². The molecule has 2 aromatic carbocycles. The Morgan fingerprint density at radius 2 is 1.75 bits per heavy atom. The fourth-order valence-corrected chi connectivity index (χ4v) is 2.66. The van der Waals surface area contributed by atoms with Crippen molar-refractivity contribution in [2.45, 2.75) is 19.8 Å². The van der Waals surface area contributed by atoms with Gasteiger partial charge in [0.1, 0.15) is 0 Å². The van der Waals surface area contributed by atoms with E-state index in [1.54, 1.807) is 13.1 Å². The Morgan fingerprint density at radius 1 is 1.00 bits per heavy atom. The Balaban J connectivity index is 1.78. The van der Waals surface area contributed by atoms with Crippen LogP contribution in [0.25, 0.3) is 11.1 Å². The monoisotopic (exact) mass is 319 g/mol. The Morgan fingerprint density at radius 3 is 2.46 bits per heavy atom.